The van der Waals surface area contributed by atoms with E-state index >= 15 is 0 Å². The first-order chi connectivity index (χ1) is 12.2. The molecule has 1 heterocycles. The van der Waals surface area contributed by atoms with Gasteiger partial charge in [-0.2, -0.15) is 11.8 Å². The van der Waals surface area contributed by atoms with E-state index in [-0.39, 0.29) is 11.8 Å². The van der Waals surface area contributed by atoms with E-state index in [1.165, 1.54) is 4.90 Å². The first kappa shape index (κ1) is 17.4. The number of benzene rings is 2. The van der Waals surface area contributed by atoms with Crippen molar-refractivity contribution in [3.8, 4) is 11.5 Å². The lowest BCUT2D eigenvalue weighted by Gasteiger charge is -2.13. The monoisotopic (exact) mass is 357 g/mol. The molecular formula is C19H19NO4S. The molecule has 0 bridgehead atoms. The predicted octanol–water partition coefficient (Wildman–Crippen LogP) is 3.10. The minimum Gasteiger partial charge on any atom is -0.497 e. The van der Waals surface area contributed by atoms with Crippen molar-refractivity contribution in [3.05, 3.63) is 59.7 Å². The maximum Gasteiger partial charge on any atom is 0.261 e. The van der Waals surface area contributed by atoms with Crippen molar-refractivity contribution >= 4 is 23.6 Å². The van der Waals surface area contributed by atoms with Crippen LogP contribution in [0.3, 0.4) is 0 Å². The van der Waals surface area contributed by atoms with Crippen LogP contribution in [0.5, 0.6) is 11.5 Å². The fraction of sp³-hybridized carbons (Fsp3) is 0.263. The van der Waals surface area contributed by atoms with Crippen molar-refractivity contribution in [2.45, 2.75) is 0 Å². The molecule has 3 rings (SSSR count). The van der Waals surface area contributed by atoms with Crippen LogP contribution in [0.25, 0.3) is 0 Å². The molecule has 0 saturated carbocycles. The predicted molar refractivity (Wildman–Crippen MR) is 97.6 cm³/mol. The summed E-state index contributed by atoms with van der Waals surface area (Å²) in [5, 5.41) is 0. The highest BCUT2D eigenvalue weighted by atomic mass is 32.2. The van der Waals surface area contributed by atoms with Gasteiger partial charge in [0.1, 0.15) is 11.5 Å². The quantitative estimate of drug-likeness (QED) is 0.537. The topological polar surface area (TPSA) is 55.8 Å². The minimum atomic E-state index is -0.198. The summed E-state index contributed by atoms with van der Waals surface area (Å²) in [5.74, 6) is 2.67. The molecule has 0 spiro atoms. The highest BCUT2D eigenvalue weighted by Crippen LogP contribution is 2.22. The molecule has 2 amide bonds. The Morgan fingerprint density at radius 1 is 0.880 bits per heavy atom. The van der Waals surface area contributed by atoms with Crippen molar-refractivity contribution in [3.63, 3.8) is 0 Å². The van der Waals surface area contributed by atoms with E-state index in [1.807, 2.05) is 24.3 Å². The summed E-state index contributed by atoms with van der Waals surface area (Å²) >= 11 is 1.65. The average molecular weight is 357 g/mol. The molecule has 130 valence electrons. The maximum absolute atomic E-state index is 12.2. The molecule has 0 atom stereocenters. The van der Waals surface area contributed by atoms with Gasteiger partial charge in [-0.15, -0.1) is 0 Å². The molecule has 0 aromatic heterocycles. The number of amides is 2. The number of hydrogen-bond acceptors (Lipinski definition) is 5. The van der Waals surface area contributed by atoms with Crippen LogP contribution in [0.1, 0.15) is 20.7 Å². The van der Waals surface area contributed by atoms with Gasteiger partial charge in [0.2, 0.25) is 0 Å². The molecule has 1 aliphatic rings. The number of hydrogen-bond donors (Lipinski definition) is 0. The number of imide groups is 1. The summed E-state index contributed by atoms with van der Waals surface area (Å²) in [5.41, 5.74) is 1.00. The number of carbonyl (C=O) groups is 2. The molecule has 2 aromatic carbocycles. The Labute approximate surface area is 150 Å². The van der Waals surface area contributed by atoms with Crippen LogP contribution < -0.4 is 9.47 Å². The number of methoxy groups -OCH3 is 1. The van der Waals surface area contributed by atoms with Gasteiger partial charge < -0.3 is 9.47 Å². The molecule has 25 heavy (non-hydrogen) atoms. The molecular weight excluding hydrogens is 338 g/mol. The van der Waals surface area contributed by atoms with Gasteiger partial charge in [-0.25, -0.2) is 0 Å². The van der Waals surface area contributed by atoms with Crippen LogP contribution >= 0.6 is 11.8 Å². The van der Waals surface area contributed by atoms with Crippen LogP contribution in [-0.2, 0) is 0 Å². The lowest BCUT2D eigenvalue weighted by Crippen LogP contribution is -2.32. The molecule has 6 heteroatoms. The van der Waals surface area contributed by atoms with E-state index in [0.29, 0.717) is 30.0 Å². The lowest BCUT2D eigenvalue weighted by atomic mass is 10.1. The smallest absolute Gasteiger partial charge is 0.261 e. The minimum absolute atomic E-state index is 0.198. The third-order valence-electron chi connectivity index (χ3n) is 3.89. The zero-order chi connectivity index (χ0) is 17.6. The number of fused-ring (bicyclic) bond motifs is 1. The van der Waals surface area contributed by atoms with Gasteiger partial charge in [0, 0.05) is 18.1 Å². The SMILES string of the molecule is COc1ccc(OCCSCCN2C(=O)c3ccccc3C2=O)cc1. The fourth-order valence-corrected chi connectivity index (χ4v) is 3.31. The second kappa shape index (κ2) is 8.07. The van der Waals surface area contributed by atoms with Crippen molar-refractivity contribution in [1.82, 2.24) is 4.90 Å². The number of thioether (sulfide) groups is 1. The molecule has 0 radical (unpaired) electrons. The van der Waals surface area contributed by atoms with Crippen LogP contribution in [-0.4, -0.2) is 48.5 Å². The molecule has 0 saturated heterocycles. The molecule has 0 fully saturated rings. The van der Waals surface area contributed by atoms with Gasteiger partial charge in [0.05, 0.1) is 24.8 Å². The Kier molecular flexibility index (Phi) is 5.60. The standard InChI is InChI=1S/C19H19NO4S/c1-23-14-6-8-15(9-7-14)24-11-13-25-12-10-20-18(21)16-4-2-3-5-17(16)19(20)22/h2-9H,10-13H2,1H3. The normalized spacial score (nSPS) is 13.1. The van der Waals surface area contributed by atoms with E-state index in [2.05, 4.69) is 0 Å². The van der Waals surface area contributed by atoms with E-state index in [0.717, 1.165) is 17.3 Å². The van der Waals surface area contributed by atoms with Gasteiger partial charge in [-0.05, 0) is 36.4 Å². The van der Waals surface area contributed by atoms with Gasteiger partial charge in [-0.1, -0.05) is 12.1 Å². The Balaban J connectivity index is 1.38. The fourth-order valence-electron chi connectivity index (χ4n) is 2.59. The van der Waals surface area contributed by atoms with Crippen molar-refractivity contribution in [2.24, 2.45) is 0 Å². The van der Waals surface area contributed by atoms with Crippen LogP contribution in [0.2, 0.25) is 0 Å². The zero-order valence-corrected chi connectivity index (χ0v) is 14.8. The Morgan fingerprint density at radius 3 is 2.08 bits per heavy atom. The van der Waals surface area contributed by atoms with E-state index in [1.54, 1.807) is 43.1 Å². The second-order valence-corrected chi connectivity index (χ2v) is 6.67. The molecule has 0 unspecified atom stereocenters. The summed E-state index contributed by atoms with van der Waals surface area (Å²) in [6.45, 7) is 0.985. The summed E-state index contributed by atoms with van der Waals surface area (Å²) in [6, 6.07) is 14.4. The number of nitrogens with zero attached hydrogens (tertiary/aromatic N) is 1. The third kappa shape index (κ3) is 3.96. The Bertz CT molecular complexity index is 725. The van der Waals surface area contributed by atoms with E-state index in [4.69, 9.17) is 9.47 Å². The Morgan fingerprint density at radius 2 is 1.48 bits per heavy atom. The highest BCUT2D eigenvalue weighted by molar-refractivity contribution is 7.99. The van der Waals surface area contributed by atoms with Gasteiger partial charge in [0.15, 0.2) is 0 Å². The lowest BCUT2D eigenvalue weighted by molar-refractivity contribution is 0.0664. The first-order valence-electron chi connectivity index (χ1n) is 8.00. The molecule has 1 aliphatic heterocycles. The summed E-state index contributed by atoms with van der Waals surface area (Å²) in [6.07, 6.45) is 0. The van der Waals surface area contributed by atoms with Crippen molar-refractivity contribution in [1.29, 1.82) is 0 Å². The molecule has 0 aliphatic carbocycles. The van der Waals surface area contributed by atoms with Gasteiger partial charge in [0.25, 0.3) is 11.8 Å². The van der Waals surface area contributed by atoms with E-state index in [9.17, 15) is 9.59 Å². The van der Waals surface area contributed by atoms with Crippen molar-refractivity contribution < 1.29 is 19.1 Å². The first-order valence-corrected chi connectivity index (χ1v) is 9.16. The van der Waals surface area contributed by atoms with Gasteiger partial charge >= 0.3 is 0 Å². The van der Waals surface area contributed by atoms with Crippen LogP contribution in [0, 0.1) is 0 Å². The number of rotatable bonds is 8. The maximum atomic E-state index is 12.2. The van der Waals surface area contributed by atoms with Gasteiger partial charge in [-0.3, -0.25) is 14.5 Å². The van der Waals surface area contributed by atoms with Crippen LogP contribution in [0.4, 0.5) is 0 Å². The third-order valence-corrected chi connectivity index (χ3v) is 4.82. The second-order valence-electron chi connectivity index (χ2n) is 5.44. The van der Waals surface area contributed by atoms with E-state index < -0.39 is 0 Å². The molecule has 0 N–H and O–H groups in total. The largest absolute Gasteiger partial charge is 0.497 e. The summed E-state index contributed by atoms with van der Waals surface area (Å²) in [4.78, 5) is 25.8. The van der Waals surface area contributed by atoms with Crippen molar-refractivity contribution in [2.75, 3.05) is 31.8 Å². The molecule has 2 aromatic rings. The number of ether oxygens (including phenoxy) is 2. The summed E-state index contributed by atoms with van der Waals surface area (Å²) < 4.78 is 10.7. The Hall–Kier alpha value is -2.47. The summed E-state index contributed by atoms with van der Waals surface area (Å²) in [7, 11) is 1.63. The number of carbonyl (C=O) groups excluding carboxylic acids is 2. The van der Waals surface area contributed by atoms with Crippen LogP contribution in [0.15, 0.2) is 48.5 Å². The molecule has 5 nitrogen and oxygen atoms in total. The average Bonchev–Trinajstić information content (AvgIpc) is 2.90. The zero-order valence-electron chi connectivity index (χ0n) is 13.9. The highest BCUT2D eigenvalue weighted by Gasteiger charge is 2.34.